The van der Waals surface area contributed by atoms with Gasteiger partial charge in [-0.1, -0.05) is 12.1 Å². The number of urea groups is 1. The van der Waals surface area contributed by atoms with Crippen molar-refractivity contribution in [2.24, 2.45) is 17.8 Å². The molecule has 2 amide bonds. The number of nitriles is 1. The van der Waals surface area contributed by atoms with Gasteiger partial charge in [-0.15, -0.1) is 0 Å². The highest BCUT2D eigenvalue weighted by atomic mass is 16.5. The Balaban J connectivity index is 1.17. The molecule has 1 unspecified atom stereocenters. The van der Waals surface area contributed by atoms with Crippen LogP contribution in [0.3, 0.4) is 0 Å². The first kappa shape index (κ1) is 24.1. The SMILES string of the molecule is CCOC(=O)c1ccc(C(C#N)OC(=O)CCCNC(=O)NC23CC4CC(CC(C4)C2)C3)cc1. The summed E-state index contributed by atoms with van der Waals surface area (Å²) in [4.78, 5) is 36.4. The predicted octanol–water partition coefficient (Wildman–Crippen LogP) is 4.02. The van der Waals surface area contributed by atoms with Crippen molar-refractivity contribution in [3.63, 3.8) is 0 Å². The second-order valence-electron chi connectivity index (χ2n) is 10.0. The maximum absolute atomic E-state index is 12.5. The summed E-state index contributed by atoms with van der Waals surface area (Å²) in [6, 6.07) is 8.03. The van der Waals surface area contributed by atoms with Gasteiger partial charge in [0.1, 0.15) is 6.07 Å². The molecule has 4 aliphatic carbocycles. The summed E-state index contributed by atoms with van der Waals surface area (Å²) in [5.41, 5.74) is 0.809. The number of rotatable bonds is 9. The monoisotopic (exact) mass is 467 g/mol. The summed E-state index contributed by atoms with van der Waals surface area (Å²) >= 11 is 0. The van der Waals surface area contributed by atoms with Gasteiger partial charge in [0.05, 0.1) is 12.2 Å². The number of carbonyl (C=O) groups excluding carboxylic acids is 3. The average Bonchev–Trinajstić information content (AvgIpc) is 2.79. The summed E-state index contributed by atoms with van der Waals surface area (Å²) in [5.74, 6) is 1.32. The summed E-state index contributed by atoms with van der Waals surface area (Å²) in [7, 11) is 0. The molecule has 4 saturated carbocycles. The topological polar surface area (TPSA) is 118 Å². The lowest BCUT2D eigenvalue weighted by Gasteiger charge is -2.56. The summed E-state index contributed by atoms with van der Waals surface area (Å²) < 4.78 is 10.2. The Kier molecular flexibility index (Phi) is 7.40. The van der Waals surface area contributed by atoms with Crippen LogP contribution in [0.2, 0.25) is 0 Å². The quantitative estimate of drug-likeness (QED) is 0.418. The van der Waals surface area contributed by atoms with Gasteiger partial charge < -0.3 is 20.1 Å². The predicted molar refractivity (Wildman–Crippen MR) is 124 cm³/mol. The molecule has 0 aromatic heterocycles. The Hall–Kier alpha value is -3.08. The number of esters is 2. The van der Waals surface area contributed by atoms with Crippen molar-refractivity contribution in [3.05, 3.63) is 35.4 Å². The Morgan fingerprint density at radius 2 is 1.71 bits per heavy atom. The summed E-state index contributed by atoms with van der Waals surface area (Å²) in [6.45, 7) is 2.36. The molecule has 0 radical (unpaired) electrons. The lowest BCUT2D eigenvalue weighted by Crippen LogP contribution is -2.61. The second-order valence-corrected chi connectivity index (χ2v) is 10.0. The number of nitrogens with zero attached hydrogens (tertiary/aromatic N) is 1. The van der Waals surface area contributed by atoms with E-state index in [9.17, 15) is 19.6 Å². The normalized spacial score (nSPS) is 27.4. The standard InChI is InChI=1S/C26H33N3O5/c1-2-33-24(31)21-7-5-20(6-8-21)22(16-27)34-23(30)4-3-9-28-25(32)29-26-13-17-10-18(14-26)12-19(11-17)15-26/h5-8,17-19,22H,2-4,9-15H2,1H3,(H2,28,29,32). The first-order valence-electron chi connectivity index (χ1n) is 12.3. The van der Waals surface area contributed by atoms with E-state index >= 15 is 0 Å². The van der Waals surface area contributed by atoms with Gasteiger partial charge in [0.2, 0.25) is 6.10 Å². The van der Waals surface area contributed by atoms with Crippen LogP contribution >= 0.6 is 0 Å². The molecular weight excluding hydrogens is 434 g/mol. The van der Waals surface area contributed by atoms with E-state index in [1.165, 1.54) is 31.4 Å². The second kappa shape index (κ2) is 10.5. The maximum atomic E-state index is 12.5. The Bertz CT molecular complexity index is 917. The Labute approximate surface area is 200 Å². The van der Waals surface area contributed by atoms with Crippen LogP contribution in [-0.2, 0) is 14.3 Å². The molecule has 8 heteroatoms. The maximum Gasteiger partial charge on any atom is 0.338 e. The van der Waals surface area contributed by atoms with Crippen molar-refractivity contribution in [3.8, 4) is 6.07 Å². The minimum Gasteiger partial charge on any atom is -0.462 e. The molecule has 0 heterocycles. The molecule has 4 bridgehead atoms. The van der Waals surface area contributed by atoms with Gasteiger partial charge in [0.25, 0.3) is 0 Å². The molecule has 4 fully saturated rings. The van der Waals surface area contributed by atoms with E-state index < -0.39 is 18.0 Å². The zero-order valence-electron chi connectivity index (χ0n) is 19.7. The van der Waals surface area contributed by atoms with Crippen LogP contribution in [0.4, 0.5) is 4.79 Å². The van der Waals surface area contributed by atoms with E-state index in [0.717, 1.165) is 37.0 Å². The van der Waals surface area contributed by atoms with Crippen molar-refractivity contribution in [1.29, 1.82) is 5.26 Å². The number of hydrogen-bond donors (Lipinski definition) is 2. The van der Waals surface area contributed by atoms with Crippen molar-refractivity contribution in [2.75, 3.05) is 13.2 Å². The van der Waals surface area contributed by atoms with Gasteiger partial charge in [-0.2, -0.15) is 5.26 Å². The molecular formula is C26H33N3O5. The Morgan fingerprint density at radius 3 is 2.26 bits per heavy atom. The largest absolute Gasteiger partial charge is 0.462 e. The highest BCUT2D eigenvalue weighted by molar-refractivity contribution is 5.89. The molecule has 1 atom stereocenters. The van der Waals surface area contributed by atoms with E-state index in [1.807, 2.05) is 6.07 Å². The third-order valence-corrected chi connectivity index (χ3v) is 7.35. The number of amides is 2. The fourth-order valence-electron chi connectivity index (χ4n) is 6.35. The van der Waals surface area contributed by atoms with Crippen molar-refractivity contribution in [2.45, 2.75) is 69.9 Å². The number of benzene rings is 1. The van der Waals surface area contributed by atoms with E-state index in [2.05, 4.69) is 10.6 Å². The fourth-order valence-corrected chi connectivity index (χ4v) is 6.35. The first-order valence-corrected chi connectivity index (χ1v) is 12.3. The fraction of sp³-hybridized carbons (Fsp3) is 0.615. The molecule has 5 rings (SSSR count). The molecule has 1 aromatic rings. The Morgan fingerprint density at radius 1 is 1.09 bits per heavy atom. The molecule has 0 spiro atoms. The zero-order valence-corrected chi connectivity index (χ0v) is 19.7. The molecule has 8 nitrogen and oxygen atoms in total. The molecule has 2 N–H and O–H groups in total. The third kappa shape index (κ3) is 5.69. The van der Waals surface area contributed by atoms with Crippen molar-refractivity contribution in [1.82, 2.24) is 10.6 Å². The first-order chi connectivity index (χ1) is 16.4. The van der Waals surface area contributed by atoms with Crippen LogP contribution in [0, 0.1) is 29.1 Å². The van der Waals surface area contributed by atoms with Gasteiger partial charge in [-0.05, 0) is 81.8 Å². The van der Waals surface area contributed by atoms with Gasteiger partial charge in [-0.3, -0.25) is 4.79 Å². The molecule has 0 aliphatic heterocycles. The van der Waals surface area contributed by atoms with Crippen LogP contribution in [0.1, 0.15) is 80.3 Å². The van der Waals surface area contributed by atoms with Gasteiger partial charge >= 0.3 is 18.0 Å². The highest BCUT2D eigenvalue weighted by Gasteiger charge is 2.51. The number of hydrogen-bond acceptors (Lipinski definition) is 6. The van der Waals surface area contributed by atoms with Crippen LogP contribution in [0.25, 0.3) is 0 Å². The molecule has 0 saturated heterocycles. The number of carbonyl (C=O) groups is 3. The van der Waals surface area contributed by atoms with E-state index in [0.29, 0.717) is 24.1 Å². The summed E-state index contributed by atoms with van der Waals surface area (Å²) in [5, 5.41) is 15.5. The minimum atomic E-state index is -1.06. The molecule has 182 valence electrons. The number of nitrogens with one attached hydrogen (secondary N) is 2. The lowest BCUT2D eigenvalue weighted by atomic mass is 9.53. The average molecular weight is 468 g/mol. The van der Waals surface area contributed by atoms with Gasteiger partial charge in [0.15, 0.2) is 0 Å². The van der Waals surface area contributed by atoms with Crippen LogP contribution < -0.4 is 10.6 Å². The van der Waals surface area contributed by atoms with Crippen molar-refractivity contribution >= 4 is 18.0 Å². The smallest absolute Gasteiger partial charge is 0.338 e. The van der Waals surface area contributed by atoms with E-state index in [4.69, 9.17) is 9.47 Å². The molecule has 4 aliphatic rings. The minimum absolute atomic E-state index is 0.0411. The van der Waals surface area contributed by atoms with Gasteiger partial charge in [0, 0.05) is 24.1 Å². The van der Waals surface area contributed by atoms with Crippen LogP contribution in [0.5, 0.6) is 0 Å². The molecule has 1 aromatic carbocycles. The summed E-state index contributed by atoms with van der Waals surface area (Å²) in [6.07, 6.45) is 6.71. The van der Waals surface area contributed by atoms with Crippen LogP contribution in [-0.4, -0.2) is 36.7 Å². The number of ether oxygens (including phenoxy) is 2. The highest BCUT2D eigenvalue weighted by Crippen LogP contribution is 2.55. The van der Waals surface area contributed by atoms with Crippen LogP contribution in [0.15, 0.2) is 24.3 Å². The molecule has 34 heavy (non-hydrogen) atoms. The zero-order chi connectivity index (χ0) is 24.1. The lowest BCUT2D eigenvalue weighted by molar-refractivity contribution is -0.147. The van der Waals surface area contributed by atoms with Gasteiger partial charge in [-0.25, -0.2) is 9.59 Å². The van der Waals surface area contributed by atoms with E-state index in [1.54, 1.807) is 19.1 Å². The van der Waals surface area contributed by atoms with E-state index in [-0.39, 0.29) is 24.6 Å². The van der Waals surface area contributed by atoms with Crippen molar-refractivity contribution < 1.29 is 23.9 Å². The third-order valence-electron chi connectivity index (χ3n) is 7.35.